The average molecular weight is 283 g/mol. The van der Waals surface area contributed by atoms with Crippen molar-refractivity contribution in [3.8, 4) is 5.75 Å². The standard InChI is InChI=1S/C18H21NO2/c1-3-21-17-6-4-5-13(10-17)18(19-2)14-7-8-15-11-20-12-16(15)9-14/h4-10,18-19H,3,11-12H2,1-2H3. The first kappa shape index (κ1) is 14.1. The van der Waals surface area contributed by atoms with E-state index < -0.39 is 0 Å². The molecule has 1 unspecified atom stereocenters. The van der Waals surface area contributed by atoms with Gasteiger partial charge < -0.3 is 14.8 Å². The van der Waals surface area contributed by atoms with Gasteiger partial charge in [-0.1, -0.05) is 30.3 Å². The molecule has 0 fully saturated rings. The number of benzene rings is 2. The van der Waals surface area contributed by atoms with Crippen LogP contribution in [0.25, 0.3) is 0 Å². The monoisotopic (exact) mass is 283 g/mol. The number of fused-ring (bicyclic) bond motifs is 1. The van der Waals surface area contributed by atoms with E-state index in [2.05, 4.69) is 35.6 Å². The molecule has 2 aromatic rings. The van der Waals surface area contributed by atoms with E-state index >= 15 is 0 Å². The second-order valence-corrected chi connectivity index (χ2v) is 5.25. The molecule has 1 heterocycles. The van der Waals surface area contributed by atoms with Crippen LogP contribution in [0.1, 0.15) is 35.2 Å². The number of hydrogen-bond donors (Lipinski definition) is 1. The van der Waals surface area contributed by atoms with Gasteiger partial charge in [0.25, 0.3) is 0 Å². The molecule has 3 rings (SSSR count). The quantitative estimate of drug-likeness (QED) is 0.912. The van der Waals surface area contributed by atoms with Crippen molar-refractivity contribution < 1.29 is 9.47 Å². The Bertz CT molecular complexity index is 624. The van der Waals surface area contributed by atoms with Crippen LogP contribution in [-0.2, 0) is 18.0 Å². The normalized spacial score (nSPS) is 14.8. The molecule has 2 aromatic carbocycles. The minimum atomic E-state index is 0.163. The largest absolute Gasteiger partial charge is 0.494 e. The SMILES string of the molecule is CCOc1cccc(C(NC)c2ccc3c(c2)COC3)c1. The predicted molar refractivity (Wildman–Crippen MR) is 83.4 cm³/mol. The molecule has 21 heavy (non-hydrogen) atoms. The van der Waals surface area contributed by atoms with Gasteiger partial charge in [0.05, 0.1) is 25.9 Å². The Balaban J connectivity index is 1.92. The molecule has 0 amide bonds. The van der Waals surface area contributed by atoms with Crippen LogP contribution in [0.15, 0.2) is 42.5 Å². The lowest BCUT2D eigenvalue weighted by Gasteiger charge is -2.19. The fourth-order valence-electron chi connectivity index (χ4n) is 2.85. The fraction of sp³-hybridized carbons (Fsp3) is 0.333. The molecule has 1 atom stereocenters. The Hall–Kier alpha value is -1.84. The summed E-state index contributed by atoms with van der Waals surface area (Å²) in [7, 11) is 1.99. The van der Waals surface area contributed by atoms with Crippen molar-refractivity contribution in [3.63, 3.8) is 0 Å². The molecule has 0 aliphatic carbocycles. The molecule has 0 saturated heterocycles. The Labute approximate surface area is 125 Å². The molecule has 0 radical (unpaired) electrons. The van der Waals surface area contributed by atoms with Gasteiger partial charge >= 0.3 is 0 Å². The van der Waals surface area contributed by atoms with Gasteiger partial charge in [0.1, 0.15) is 5.75 Å². The summed E-state index contributed by atoms with van der Waals surface area (Å²) in [6.07, 6.45) is 0. The third-order valence-corrected chi connectivity index (χ3v) is 3.87. The molecular weight excluding hydrogens is 262 g/mol. The number of nitrogens with one attached hydrogen (secondary N) is 1. The summed E-state index contributed by atoms with van der Waals surface area (Å²) in [4.78, 5) is 0. The van der Waals surface area contributed by atoms with Gasteiger partial charge in [0.15, 0.2) is 0 Å². The number of rotatable bonds is 5. The summed E-state index contributed by atoms with van der Waals surface area (Å²) < 4.78 is 11.1. The van der Waals surface area contributed by atoms with Gasteiger partial charge in [-0.2, -0.15) is 0 Å². The Morgan fingerprint density at radius 3 is 2.71 bits per heavy atom. The van der Waals surface area contributed by atoms with Gasteiger partial charge in [-0.15, -0.1) is 0 Å². The summed E-state index contributed by atoms with van der Waals surface area (Å²) in [5.74, 6) is 0.916. The summed E-state index contributed by atoms with van der Waals surface area (Å²) in [5.41, 5.74) is 5.07. The van der Waals surface area contributed by atoms with Crippen molar-refractivity contribution in [3.05, 3.63) is 64.7 Å². The van der Waals surface area contributed by atoms with Gasteiger partial charge in [-0.25, -0.2) is 0 Å². The second kappa shape index (κ2) is 6.29. The van der Waals surface area contributed by atoms with Crippen LogP contribution in [-0.4, -0.2) is 13.7 Å². The highest BCUT2D eigenvalue weighted by Gasteiger charge is 2.17. The zero-order chi connectivity index (χ0) is 14.7. The highest BCUT2D eigenvalue weighted by atomic mass is 16.5. The molecule has 0 spiro atoms. The van der Waals surface area contributed by atoms with E-state index in [1.165, 1.54) is 22.3 Å². The smallest absolute Gasteiger partial charge is 0.119 e. The maximum absolute atomic E-state index is 5.60. The maximum Gasteiger partial charge on any atom is 0.119 e. The molecule has 1 aliphatic heterocycles. The van der Waals surface area contributed by atoms with Crippen LogP contribution in [0.2, 0.25) is 0 Å². The third kappa shape index (κ3) is 2.94. The Kier molecular flexibility index (Phi) is 4.23. The Morgan fingerprint density at radius 1 is 1.10 bits per heavy atom. The summed E-state index contributed by atoms with van der Waals surface area (Å²) >= 11 is 0. The Morgan fingerprint density at radius 2 is 1.90 bits per heavy atom. The van der Waals surface area contributed by atoms with Crippen LogP contribution >= 0.6 is 0 Å². The molecule has 0 bridgehead atoms. The molecular formula is C18H21NO2. The van der Waals surface area contributed by atoms with Gasteiger partial charge in [0, 0.05) is 0 Å². The van der Waals surface area contributed by atoms with Crippen molar-refractivity contribution in [1.29, 1.82) is 0 Å². The van der Waals surface area contributed by atoms with E-state index in [1.54, 1.807) is 0 Å². The number of hydrogen-bond acceptors (Lipinski definition) is 3. The lowest BCUT2D eigenvalue weighted by molar-refractivity contribution is 0.134. The predicted octanol–water partition coefficient (Wildman–Crippen LogP) is 3.42. The van der Waals surface area contributed by atoms with E-state index in [-0.39, 0.29) is 6.04 Å². The second-order valence-electron chi connectivity index (χ2n) is 5.25. The van der Waals surface area contributed by atoms with E-state index in [9.17, 15) is 0 Å². The van der Waals surface area contributed by atoms with Crippen LogP contribution in [0, 0.1) is 0 Å². The molecule has 1 N–H and O–H groups in total. The summed E-state index contributed by atoms with van der Waals surface area (Å²) in [5, 5.41) is 3.40. The van der Waals surface area contributed by atoms with Crippen LogP contribution in [0.5, 0.6) is 5.75 Å². The lowest BCUT2D eigenvalue weighted by Crippen LogP contribution is -2.18. The van der Waals surface area contributed by atoms with E-state index in [1.807, 2.05) is 26.1 Å². The first-order valence-corrected chi connectivity index (χ1v) is 7.41. The zero-order valence-corrected chi connectivity index (χ0v) is 12.6. The van der Waals surface area contributed by atoms with E-state index in [0.717, 1.165) is 19.0 Å². The van der Waals surface area contributed by atoms with Crippen molar-refractivity contribution in [1.82, 2.24) is 5.32 Å². The van der Waals surface area contributed by atoms with E-state index in [4.69, 9.17) is 9.47 Å². The molecule has 1 aliphatic rings. The maximum atomic E-state index is 5.60. The van der Waals surface area contributed by atoms with Crippen LogP contribution in [0.3, 0.4) is 0 Å². The molecule has 110 valence electrons. The number of ether oxygens (including phenoxy) is 2. The highest BCUT2D eigenvalue weighted by Crippen LogP contribution is 2.29. The average Bonchev–Trinajstić information content (AvgIpc) is 2.96. The minimum Gasteiger partial charge on any atom is -0.494 e. The molecule has 3 heteroatoms. The topological polar surface area (TPSA) is 30.5 Å². The van der Waals surface area contributed by atoms with Gasteiger partial charge in [-0.05, 0) is 48.4 Å². The van der Waals surface area contributed by atoms with Crippen LogP contribution in [0.4, 0.5) is 0 Å². The van der Waals surface area contributed by atoms with Crippen LogP contribution < -0.4 is 10.1 Å². The minimum absolute atomic E-state index is 0.163. The first-order chi connectivity index (χ1) is 10.3. The first-order valence-electron chi connectivity index (χ1n) is 7.41. The van der Waals surface area contributed by atoms with Crippen molar-refractivity contribution in [2.75, 3.05) is 13.7 Å². The third-order valence-electron chi connectivity index (χ3n) is 3.87. The zero-order valence-electron chi connectivity index (χ0n) is 12.6. The van der Waals surface area contributed by atoms with Crippen molar-refractivity contribution in [2.24, 2.45) is 0 Å². The van der Waals surface area contributed by atoms with E-state index in [0.29, 0.717) is 6.61 Å². The fourth-order valence-corrected chi connectivity index (χ4v) is 2.85. The summed E-state index contributed by atoms with van der Waals surface area (Å²) in [6, 6.07) is 15.0. The van der Waals surface area contributed by atoms with Gasteiger partial charge in [-0.3, -0.25) is 0 Å². The molecule has 3 nitrogen and oxygen atoms in total. The van der Waals surface area contributed by atoms with Gasteiger partial charge in [0.2, 0.25) is 0 Å². The lowest BCUT2D eigenvalue weighted by atomic mass is 9.95. The highest BCUT2D eigenvalue weighted by molar-refractivity contribution is 5.40. The molecule has 0 saturated carbocycles. The van der Waals surface area contributed by atoms with Crippen molar-refractivity contribution in [2.45, 2.75) is 26.2 Å². The van der Waals surface area contributed by atoms with Crippen molar-refractivity contribution >= 4 is 0 Å². The molecule has 0 aromatic heterocycles. The summed E-state index contributed by atoms with van der Waals surface area (Å²) in [6.45, 7) is 4.14.